The summed E-state index contributed by atoms with van der Waals surface area (Å²) in [6.07, 6.45) is 1.85. The second-order valence-electron chi connectivity index (χ2n) is 9.79. The van der Waals surface area contributed by atoms with Crippen molar-refractivity contribution in [3.05, 3.63) is 101 Å². The first-order valence-corrected chi connectivity index (χ1v) is 15.2. The highest BCUT2D eigenvalue weighted by atomic mass is 35.5. The molecule has 0 heterocycles. The summed E-state index contributed by atoms with van der Waals surface area (Å²) in [6.45, 7) is 4.15. The maximum atomic E-state index is 13.7. The van der Waals surface area contributed by atoms with Crippen LogP contribution in [0.15, 0.2) is 84.9 Å². The smallest absolute Gasteiger partial charge is 0.243 e. The number of nitrogens with zero attached hydrogens (tertiary/aromatic N) is 2. The Morgan fingerprint density at radius 3 is 1.97 bits per heavy atom. The predicted molar refractivity (Wildman–Crippen MR) is 157 cm³/mol. The Kier molecular flexibility index (Phi) is 10.9. The molecule has 0 radical (unpaired) electrons. The predicted octanol–water partition coefficient (Wildman–Crippen LogP) is 5.05. The van der Waals surface area contributed by atoms with Gasteiger partial charge in [-0.15, -0.1) is 0 Å². The number of carbonyl (C=O) groups is 2. The molecule has 0 saturated heterocycles. The van der Waals surface area contributed by atoms with Crippen molar-refractivity contribution in [3.8, 4) is 0 Å². The lowest BCUT2D eigenvalue weighted by Crippen LogP contribution is -2.51. The molecule has 0 unspecified atom stereocenters. The lowest BCUT2D eigenvalue weighted by atomic mass is 10.0. The van der Waals surface area contributed by atoms with Gasteiger partial charge in [0.25, 0.3) is 0 Å². The first-order chi connectivity index (χ1) is 18.5. The normalized spacial score (nSPS) is 12.1. The molecule has 0 fully saturated rings. The van der Waals surface area contributed by atoms with Gasteiger partial charge in [0, 0.05) is 37.0 Å². The van der Waals surface area contributed by atoms with E-state index >= 15 is 0 Å². The molecule has 0 aliphatic carbocycles. The average molecular weight is 570 g/mol. The van der Waals surface area contributed by atoms with Crippen molar-refractivity contribution in [2.45, 2.75) is 51.7 Å². The number of carbonyl (C=O) groups excluding carboxylic acids is 2. The van der Waals surface area contributed by atoms with Gasteiger partial charge in [-0.2, -0.15) is 0 Å². The fourth-order valence-corrected chi connectivity index (χ4v) is 5.42. The van der Waals surface area contributed by atoms with Crippen LogP contribution in [-0.2, 0) is 32.6 Å². The Morgan fingerprint density at radius 1 is 0.872 bits per heavy atom. The number of hydrogen-bond donors (Lipinski definition) is 1. The van der Waals surface area contributed by atoms with Crippen molar-refractivity contribution >= 4 is 39.1 Å². The largest absolute Gasteiger partial charge is 0.352 e. The van der Waals surface area contributed by atoms with Crippen LogP contribution < -0.4 is 9.62 Å². The summed E-state index contributed by atoms with van der Waals surface area (Å²) in [7, 11) is -3.58. The van der Waals surface area contributed by atoms with Crippen LogP contribution >= 0.6 is 11.6 Å². The van der Waals surface area contributed by atoms with Gasteiger partial charge in [-0.1, -0.05) is 72.3 Å². The number of rotatable bonds is 13. The number of halogens is 1. The van der Waals surface area contributed by atoms with Gasteiger partial charge >= 0.3 is 0 Å². The highest BCUT2D eigenvalue weighted by Crippen LogP contribution is 2.22. The second kappa shape index (κ2) is 14.1. The molecule has 0 aliphatic heterocycles. The minimum Gasteiger partial charge on any atom is -0.352 e. The summed E-state index contributed by atoms with van der Waals surface area (Å²) in [6, 6.07) is 24.9. The molecule has 1 atom stereocenters. The van der Waals surface area contributed by atoms with E-state index in [1.165, 1.54) is 4.31 Å². The van der Waals surface area contributed by atoms with Crippen molar-refractivity contribution in [1.29, 1.82) is 0 Å². The van der Waals surface area contributed by atoms with Crippen LogP contribution in [0.25, 0.3) is 0 Å². The molecule has 0 saturated carbocycles. The van der Waals surface area contributed by atoms with E-state index in [0.717, 1.165) is 17.4 Å². The molecule has 9 heteroatoms. The Balaban J connectivity index is 1.85. The second-order valence-corrected chi connectivity index (χ2v) is 12.1. The Hall–Kier alpha value is -3.36. The fourth-order valence-electron chi connectivity index (χ4n) is 4.33. The molecule has 3 aromatic rings. The Labute approximate surface area is 236 Å². The van der Waals surface area contributed by atoms with E-state index in [1.54, 1.807) is 29.2 Å². The topological polar surface area (TPSA) is 86.8 Å². The molecule has 3 rings (SSSR count). The third kappa shape index (κ3) is 9.41. The summed E-state index contributed by atoms with van der Waals surface area (Å²) in [5.41, 5.74) is 2.33. The zero-order chi connectivity index (χ0) is 28.4. The van der Waals surface area contributed by atoms with Crippen LogP contribution in [0.5, 0.6) is 0 Å². The van der Waals surface area contributed by atoms with E-state index in [4.69, 9.17) is 11.6 Å². The molecular formula is C30H36ClN3O4S. The quantitative estimate of drug-likeness (QED) is 0.312. The van der Waals surface area contributed by atoms with Crippen LogP contribution in [0.2, 0.25) is 5.02 Å². The van der Waals surface area contributed by atoms with Gasteiger partial charge in [0.05, 0.1) is 11.9 Å². The fraction of sp³-hybridized carbons (Fsp3) is 0.333. The van der Waals surface area contributed by atoms with Gasteiger partial charge in [0.15, 0.2) is 0 Å². The molecule has 0 aromatic heterocycles. The highest BCUT2D eigenvalue weighted by molar-refractivity contribution is 7.92. The summed E-state index contributed by atoms with van der Waals surface area (Å²) in [5, 5.41) is 3.48. The molecule has 2 amide bonds. The van der Waals surface area contributed by atoms with Crippen molar-refractivity contribution in [3.63, 3.8) is 0 Å². The molecule has 208 valence electrons. The number of sulfonamides is 1. The molecule has 0 spiro atoms. The maximum absolute atomic E-state index is 13.7. The van der Waals surface area contributed by atoms with Crippen LogP contribution in [0.1, 0.15) is 37.8 Å². The maximum Gasteiger partial charge on any atom is 0.243 e. The van der Waals surface area contributed by atoms with Crippen LogP contribution in [0, 0.1) is 0 Å². The van der Waals surface area contributed by atoms with E-state index in [2.05, 4.69) is 5.32 Å². The van der Waals surface area contributed by atoms with Gasteiger partial charge in [-0.05, 0) is 55.7 Å². The Morgan fingerprint density at radius 2 is 1.44 bits per heavy atom. The minimum atomic E-state index is -3.58. The molecule has 7 nitrogen and oxygen atoms in total. The van der Waals surface area contributed by atoms with E-state index in [1.807, 2.05) is 74.5 Å². The summed E-state index contributed by atoms with van der Waals surface area (Å²) >= 11 is 5.97. The minimum absolute atomic E-state index is 0.0761. The molecule has 0 aliphatic rings. The van der Waals surface area contributed by atoms with Crippen molar-refractivity contribution in [2.24, 2.45) is 0 Å². The third-order valence-corrected chi connectivity index (χ3v) is 7.61. The summed E-state index contributed by atoms with van der Waals surface area (Å²) in [5.74, 6) is -0.444. The summed E-state index contributed by atoms with van der Waals surface area (Å²) in [4.78, 5) is 28.8. The van der Waals surface area contributed by atoms with Gasteiger partial charge < -0.3 is 10.2 Å². The molecule has 39 heavy (non-hydrogen) atoms. The number of hydrogen-bond acceptors (Lipinski definition) is 4. The zero-order valence-electron chi connectivity index (χ0n) is 22.6. The first-order valence-electron chi connectivity index (χ1n) is 13.0. The van der Waals surface area contributed by atoms with Gasteiger partial charge in [0.1, 0.15) is 6.04 Å². The molecule has 0 bridgehead atoms. The van der Waals surface area contributed by atoms with Crippen LogP contribution in [-0.4, -0.2) is 50.0 Å². The van der Waals surface area contributed by atoms with E-state index < -0.39 is 16.1 Å². The van der Waals surface area contributed by atoms with Gasteiger partial charge in [0.2, 0.25) is 21.8 Å². The van der Waals surface area contributed by atoms with E-state index in [-0.39, 0.29) is 43.8 Å². The van der Waals surface area contributed by atoms with Crippen LogP contribution in [0.4, 0.5) is 5.69 Å². The average Bonchev–Trinajstić information content (AvgIpc) is 2.89. The third-order valence-electron chi connectivity index (χ3n) is 6.16. The number of benzene rings is 3. The monoisotopic (exact) mass is 569 g/mol. The number of nitrogens with one attached hydrogen (secondary N) is 1. The lowest BCUT2D eigenvalue weighted by molar-refractivity contribution is -0.141. The summed E-state index contributed by atoms with van der Waals surface area (Å²) < 4.78 is 26.3. The SMILES string of the molecule is CC(C)NC(=O)[C@H](Cc1ccccc1)N(Cc1ccccc1)C(=O)CCCN(c1ccc(Cl)cc1)S(C)(=O)=O. The number of anilines is 1. The van der Waals surface area contributed by atoms with Crippen LogP contribution in [0.3, 0.4) is 0 Å². The van der Waals surface area contributed by atoms with Crippen molar-refractivity contribution < 1.29 is 18.0 Å². The lowest BCUT2D eigenvalue weighted by Gasteiger charge is -2.32. The van der Waals surface area contributed by atoms with Crippen molar-refractivity contribution in [1.82, 2.24) is 10.2 Å². The Bertz CT molecular complexity index is 1320. The standard InChI is InChI=1S/C30H36ClN3O4S/c1-23(2)32-30(36)28(21-24-11-6-4-7-12-24)33(22-25-13-8-5-9-14-25)29(35)15-10-20-34(39(3,37)38)27-18-16-26(31)17-19-27/h4-9,11-14,16-19,23,28H,10,15,20-22H2,1-3H3,(H,32,36)/t28-/m0/s1. The van der Waals surface area contributed by atoms with Gasteiger partial charge in [-0.25, -0.2) is 8.42 Å². The molecule has 1 N–H and O–H groups in total. The zero-order valence-corrected chi connectivity index (χ0v) is 24.2. The highest BCUT2D eigenvalue weighted by Gasteiger charge is 2.30. The first kappa shape index (κ1) is 30.2. The van der Waals surface area contributed by atoms with E-state index in [0.29, 0.717) is 17.1 Å². The van der Waals surface area contributed by atoms with E-state index in [9.17, 15) is 18.0 Å². The molecular weight excluding hydrogens is 534 g/mol. The van der Waals surface area contributed by atoms with Gasteiger partial charge in [-0.3, -0.25) is 13.9 Å². The number of amides is 2. The van der Waals surface area contributed by atoms with Crippen molar-refractivity contribution in [2.75, 3.05) is 17.1 Å². The molecule has 3 aromatic carbocycles.